The van der Waals surface area contributed by atoms with Crippen LogP contribution in [0.5, 0.6) is 17.2 Å². The minimum absolute atomic E-state index is 0.217. The second-order valence-electron chi connectivity index (χ2n) is 8.84. The van der Waals surface area contributed by atoms with Gasteiger partial charge in [-0.25, -0.2) is 0 Å². The molecule has 1 N–H and O–H groups in total. The third-order valence-electron chi connectivity index (χ3n) is 6.19. The van der Waals surface area contributed by atoms with Gasteiger partial charge in [0, 0.05) is 25.7 Å². The number of hydrogen-bond acceptors (Lipinski definition) is 7. The first-order chi connectivity index (χ1) is 18.2. The van der Waals surface area contributed by atoms with Crippen molar-refractivity contribution in [1.82, 2.24) is 15.4 Å². The first-order valence-corrected chi connectivity index (χ1v) is 12.2. The van der Waals surface area contributed by atoms with E-state index in [9.17, 15) is 4.79 Å². The van der Waals surface area contributed by atoms with Crippen LogP contribution in [0.2, 0.25) is 0 Å². The summed E-state index contributed by atoms with van der Waals surface area (Å²) in [4.78, 5) is 15.0. The lowest BCUT2D eigenvalue weighted by molar-refractivity contribution is 0.0941. The molecule has 0 fully saturated rings. The Morgan fingerprint density at radius 3 is 2.51 bits per heavy atom. The highest BCUT2D eigenvalue weighted by Crippen LogP contribution is 2.32. The van der Waals surface area contributed by atoms with E-state index in [1.807, 2.05) is 48.5 Å². The molecular weight excluding hydrogens is 470 g/mol. The topological polar surface area (TPSA) is 86.1 Å². The fraction of sp³-hybridized carbons (Fsp3) is 0.241. The molecule has 0 saturated heterocycles. The predicted molar refractivity (Wildman–Crippen MR) is 137 cm³/mol. The van der Waals surface area contributed by atoms with Gasteiger partial charge in [-0.1, -0.05) is 53.7 Å². The third-order valence-corrected chi connectivity index (χ3v) is 6.19. The number of carbonyl (C=O) groups excluding carboxylic acids is 1. The van der Waals surface area contributed by atoms with E-state index in [0.717, 1.165) is 30.8 Å². The van der Waals surface area contributed by atoms with Gasteiger partial charge >= 0.3 is 0 Å². The zero-order valence-electron chi connectivity index (χ0n) is 20.7. The second-order valence-corrected chi connectivity index (χ2v) is 8.84. The van der Waals surface area contributed by atoms with Gasteiger partial charge in [-0.2, -0.15) is 0 Å². The van der Waals surface area contributed by atoms with E-state index in [1.54, 1.807) is 13.2 Å². The lowest BCUT2D eigenvalue weighted by atomic mass is 10.1. The molecule has 0 saturated carbocycles. The minimum Gasteiger partial charge on any atom is -0.497 e. The summed E-state index contributed by atoms with van der Waals surface area (Å²) >= 11 is 0. The van der Waals surface area contributed by atoms with Crippen LogP contribution in [-0.4, -0.2) is 36.4 Å². The number of hydrogen-bond donors (Lipinski definition) is 1. The summed E-state index contributed by atoms with van der Waals surface area (Å²) in [6, 6.07) is 25.7. The molecule has 5 rings (SSSR count). The van der Waals surface area contributed by atoms with Crippen molar-refractivity contribution in [2.45, 2.75) is 26.1 Å². The van der Waals surface area contributed by atoms with Crippen LogP contribution in [0.15, 0.2) is 83.4 Å². The molecule has 2 heterocycles. The number of benzene rings is 3. The molecule has 0 spiro atoms. The van der Waals surface area contributed by atoms with Crippen molar-refractivity contribution in [2.24, 2.45) is 0 Å². The van der Waals surface area contributed by atoms with Crippen LogP contribution in [0.3, 0.4) is 0 Å². The van der Waals surface area contributed by atoms with Gasteiger partial charge in [0.25, 0.3) is 5.91 Å². The zero-order valence-corrected chi connectivity index (χ0v) is 20.7. The third kappa shape index (κ3) is 6.48. The Hall–Kier alpha value is -4.30. The van der Waals surface area contributed by atoms with Gasteiger partial charge < -0.3 is 24.1 Å². The van der Waals surface area contributed by atoms with Gasteiger partial charge in [0.1, 0.15) is 5.75 Å². The lowest BCUT2D eigenvalue weighted by Crippen LogP contribution is -2.25. The molecule has 190 valence electrons. The number of aromatic nitrogens is 1. The van der Waals surface area contributed by atoms with Crippen molar-refractivity contribution in [3.8, 4) is 17.2 Å². The first-order valence-electron chi connectivity index (χ1n) is 12.2. The van der Waals surface area contributed by atoms with Gasteiger partial charge in [-0.3, -0.25) is 9.69 Å². The van der Waals surface area contributed by atoms with Crippen LogP contribution in [0, 0.1) is 0 Å². The summed E-state index contributed by atoms with van der Waals surface area (Å²) in [6.45, 7) is 2.66. The van der Waals surface area contributed by atoms with Crippen LogP contribution < -0.4 is 19.5 Å². The van der Waals surface area contributed by atoms with Crippen LogP contribution in [0.4, 0.5) is 0 Å². The molecule has 3 aromatic carbocycles. The molecule has 1 aliphatic heterocycles. The maximum absolute atomic E-state index is 12.7. The Morgan fingerprint density at radius 2 is 1.70 bits per heavy atom. The van der Waals surface area contributed by atoms with Crippen molar-refractivity contribution in [1.29, 1.82) is 0 Å². The Labute approximate surface area is 215 Å². The Balaban J connectivity index is 1.20. The van der Waals surface area contributed by atoms with Crippen LogP contribution in [-0.2, 0) is 26.1 Å². The predicted octanol–water partition coefficient (Wildman–Crippen LogP) is 4.59. The average molecular weight is 500 g/mol. The Kier molecular flexibility index (Phi) is 7.66. The molecule has 0 bridgehead atoms. The highest BCUT2D eigenvalue weighted by Gasteiger charge is 2.17. The monoisotopic (exact) mass is 499 g/mol. The number of methoxy groups -OCH3 is 1. The summed E-state index contributed by atoms with van der Waals surface area (Å²) in [5.74, 6) is 2.59. The van der Waals surface area contributed by atoms with Crippen molar-refractivity contribution in [3.05, 3.63) is 107 Å². The quantitative estimate of drug-likeness (QED) is 0.323. The van der Waals surface area contributed by atoms with Gasteiger partial charge in [0.2, 0.25) is 6.79 Å². The molecule has 1 amide bonds. The summed E-state index contributed by atoms with van der Waals surface area (Å²) in [5.41, 5.74) is 3.60. The number of nitrogens with one attached hydrogen (secondary N) is 1. The highest BCUT2D eigenvalue weighted by molar-refractivity contribution is 5.92. The van der Waals surface area contributed by atoms with Gasteiger partial charge in [0.15, 0.2) is 23.0 Å². The molecule has 0 radical (unpaired) electrons. The maximum atomic E-state index is 12.7. The van der Waals surface area contributed by atoms with E-state index < -0.39 is 0 Å². The van der Waals surface area contributed by atoms with E-state index in [0.29, 0.717) is 30.3 Å². The van der Waals surface area contributed by atoms with E-state index >= 15 is 0 Å². The minimum atomic E-state index is -0.291. The number of carbonyl (C=O) groups is 1. The van der Waals surface area contributed by atoms with Crippen LogP contribution in [0.25, 0.3) is 0 Å². The molecule has 1 aromatic heterocycles. The lowest BCUT2D eigenvalue weighted by Gasteiger charge is -2.21. The fourth-order valence-electron chi connectivity index (χ4n) is 4.17. The molecular formula is C29H29N3O5. The van der Waals surface area contributed by atoms with Crippen molar-refractivity contribution in [2.75, 3.05) is 20.4 Å². The highest BCUT2D eigenvalue weighted by atomic mass is 16.7. The average Bonchev–Trinajstić information content (AvgIpc) is 3.61. The number of amides is 1. The maximum Gasteiger partial charge on any atom is 0.273 e. The zero-order chi connectivity index (χ0) is 25.5. The summed E-state index contributed by atoms with van der Waals surface area (Å²) in [7, 11) is 1.67. The fourth-order valence-corrected chi connectivity index (χ4v) is 4.17. The molecule has 0 atom stereocenters. The number of rotatable bonds is 11. The second kappa shape index (κ2) is 11.6. The SMILES string of the molecule is COc1ccc(CCN(Cc2ccccc2)Cc2cc(C(=O)NCc3ccc4c(c3)OCO4)no2)cc1. The van der Waals surface area contributed by atoms with Crippen molar-refractivity contribution < 1.29 is 23.5 Å². The molecule has 8 heteroatoms. The van der Waals surface area contributed by atoms with E-state index in [1.165, 1.54) is 11.1 Å². The van der Waals surface area contributed by atoms with Crippen LogP contribution in [0.1, 0.15) is 32.9 Å². The Bertz CT molecular complexity index is 1320. The molecule has 1 aliphatic rings. The Morgan fingerprint density at radius 1 is 0.919 bits per heavy atom. The summed E-state index contributed by atoms with van der Waals surface area (Å²) in [5, 5.41) is 6.90. The number of nitrogens with zero attached hydrogens (tertiary/aromatic N) is 2. The normalized spacial score (nSPS) is 12.1. The standard InChI is InChI=1S/C29H29N3O5/c1-34-24-10-7-21(8-11-24)13-14-32(18-22-5-3-2-4-6-22)19-25-16-26(31-37-25)29(33)30-17-23-9-12-27-28(15-23)36-20-35-27/h2-12,15-16H,13-14,17-20H2,1H3,(H,30,33). The molecule has 4 aromatic rings. The molecule has 8 nitrogen and oxygen atoms in total. The van der Waals surface area contributed by atoms with Gasteiger partial charge in [0.05, 0.1) is 13.7 Å². The molecule has 0 unspecified atom stereocenters. The number of fused-ring (bicyclic) bond motifs is 1. The summed E-state index contributed by atoms with van der Waals surface area (Å²) in [6.07, 6.45) is 0.869. The van der Waals surface area contributed by atoms with Gasteiger partial charge in [-0.15, -0.1) is 0 Å². The number of ether oxygens (including phenoxy) is 3. The summed E-state index contributed by atoms with van der Waals surface area (Å²) < 4.78 is 21.5. The smallest absolute Gasteiger partial charge is 0.273 e. The van der Waals surface area contributed by atoms with Gasteiger partial charge in [-0.05, 0) is 47.4 Å². The largest absolute Gasteiger partial charge is 0.497 e. The van der Waals surface area contributed by atoms with Crippen molar-refractivity contribution >= 4 is 5.91 Å². The molecule has 37 heavy (non-hydrogen) atoms. The van der Waals surface area contributed by atoms with Crippen LogP contribution >= 0.6 is 0 Å². The van der Waals surface area contributed by atoms with Crippen molar-refractivity contribution in [3.63, 3.8) is 0 Å². The van der Waals surface area contributed by atoms with E-state index in [-0.39, 0.29) is 18.4 Å². The molecule has 0 aliphatic carbocycles. The van der Waals surface area contributed by atoms with E-state index in [2.05, 4.69) is 39.6 Å². The first kappa shape index (κ1) is 24.4. The van der Waals surface area contributed by atoms with E-state index in [4.69, 9.17) is 18.7 Å².